The molecule has 2 N–H and O–H groups in total. The fraction of sp³-hybridized carbons (Fsp3) is 0.500. The minimum absolute atomic E-state index is 0.00121. The Balaban J connectivity index is 1.32. The summed E-state index contributed by atoms with van der Waals surface area (Å²) in [6, 6.07) is 3.84. The molecule has 2 aliphatic heterocycles. The molecule has 11 nitrogen and oxygen atoms in total. The molecule has 2 saturated heterocycles. The fourth-order valence-electron chi connectivity index (χ4n) is 5.69. The van der Waals surface area contributed by atoms with E-state index in [1.54, 1.807) is 37.1 Å². The topological polar surface area (TPSA) is 122 Å². The summed E-state index contributed by atoms with van der Waals surface area (Å²) >= 11 is 1.22. The van der Waals surface area contributed by atoms with Crippen molar-refractivity contribution in [2.75, 3.05) is 36.4 Å². The number of carbonyl (C=O) groups excluding carboxylic acids is 2. The Morgan fingerprint density at radius 2 is 1.84 bits per heavy atom. The van der Waals surface area contributed by atoms with Gasteiger partial charge in [-0.15, -0.1) is 11.3 Å². The number of thiazole rings is 1. The average molecular weight is 646 g/mol. The highest BCUT2D eigenvalue weighted by molar-refractivity contribution is 7.13. The van der Waals surface area contributed by atoms with Crippen molar-refractivity contribution < 1.29 is 32.2 Å². The molecule has 2 atom stereocenters. The van der Waals surface area contributed by atoms with E-state index in [-0.39, 0.29) is 54.1 Å². The molecule has 3 aliphatic rings. The first kappa shape index (κ1) is 31.0. The Morgan fingerprint density at radius 1 is 1.04 bits per heavy atom. The van der Waals surface area contributed by atoms with Crippen LogP contribution >= 0.6 is 11.3 Å². The molecule has 3 fully saturated rings. The lowest BCUT2D eigenvalue weighted by Crippen LogP contribution is -2.57. The number of anilines is 2. The minimum Gasteiger partial charge on any atom is -0.490 e. The van der Waals surface area contributed by atoms with Gasteiger partial charge in [-0.2, -0.15) is 23.4 Å². The van der Waals surface area contributed by atoms with Crippen LogP contribution in [0.5, 0.6) is 5.75 Å². The van der Waals surface area contributed by atoms with Crippen LogP contribution in [-0.2, 0) is 10.9 Å². The Kier molecular flexibility index (Phi) is 8.33. The normalized spacial score (nSPS) is 20.4. The predicted molar refractivity (Wildman–Crippen MR) is 162 cm³/mol. The third-order valence-electron chi connectivity index (χ3n) is 7.80. The van der Waals surface area contributed by atoms with E-state index in [4.69, 9.17) is 9.47 Å². The van der Waals surface area contributed by atoms with Crippen LogP contribution in [0.3, 0.4) is 0 Å². The van der Waals surface area contributed by atoms with Crippen molar-refractivity contribution in [1.29, 1.82) is 0 Å². The van der Waals surface area contributed by atoms with Crippen LogP contribution in [0, 0.1) is 0 Å². The summed E-state index contributed by atoms with van der Waals surface area (Å²) in [7, 11) is 0. The monoisotopic (exact) mass is 645 g/mol. The molecule has 6 rings (SSSR count). The van der Waals surface area contributed by atoms with E-state index in [1.807, 2.05) is 0 Å². The van der Waals surface area contributed by atoms with Gasteiger partial charge in [0.1, 0.15) is 27.6 Å². The van der Waals surface area contributed by atoms with Crippen LogP contribution in [0.25, 0.3) is 10.6 Å². The molecule has 0 spiro atoms. The smallest absolute Gasteiger partial charge is 0.422 e. The minimum atomic E-state index is -4.77. The van der Waals surface area contributed by atoms with Crippen molar-refractivity contribution in [3.05, 3.63) is 47.2 Å². The summed E-state index contributed by atoms with van der Waals surface area (Å²) in [5.41, 5.74) is -1.06. The number of rotatable bonds is 7. The summed E-state index contributed by atoms with van der Waals surface area (Å²) in [6.45, 7) is 6.95. The van der Waals surface area contributed by atoms with Crippen LogP contribution in [0.1, 0.15) is 56.1 Å². The number of nitrogens with one attached hydrogen (secondary N) is 2. The van der Waals surface area contributed by atoms with Gasteiger partial charge in [-0.05, 0) is 58.2 Å². The maximum absolute atomic E-state index is 14.9. The van der Waals surface area contributed by atoms with Crippen LogP contribution in [-0.4, -0.2) is 82.0 Å². The molecule has 0 bridgehead atoms. The largest absolute Gasteiger partial charge is 0.490 e. The summed E-state index contributed by atoms with van der Waals surface area (Å²) in [4.78, 5) is 34.2. The molecule has 2 aromatic heterocycles. The third kappa shape index (κ3) is 7.14. The second-order valence-electron chi connectivity index (χ2n) is 12.4. The van der Waals surface area contributed by atoms with Gasteiger partial charge in [0.15, 0.2) is 0 Å². The molecule has 45 heavy (non-hydrogen) atoms. The summed E-state index contributed by atoms with van der Waals surface area (Å²) < 4.78 is 55.9. The number of halogens is 3. The number of alkyl halides is 3. The summed E-state index contributed by atoms with van der Waals surface area (Å²) in [5, 5.41) is 15.3. The molecule has 1 aliphatic carbocycles. The van der Waals surface area contributed by atoms with Crippen LogP contribution in [0.15, 0.2) is 36.0 Å². The molecule has 3 aromatic rings. The molecule has 1 aromatic carbocycles. The van der Waals surface area contributed by atoms with Crippen LogP contribution in [0.2, 0.25) is 0 Å². The van der Waals surface area contributed by atoms with Gasteiger partial charge in [-0.3, -0.25) is 9.69 Å². The molecule has 0 radical (unpaired) electrons. The molecule has 4 heterocycles. The van der Waals surface area contributed by atoms with Crippen LogP contribution in [0.4, 0.5) is 29.3 Å². The second-order valence-corrected chi connectivity index (χ2v) is 13.2. The van der Waals surface area contributed by atoms with E-state index >= 15 is 0 Å². The number of hydrogen-bond acceptors (Lipinski definition) is 10. The van der Waals surface area contributed by atoms with E-state index in [1.165, 1.54) is 35.9 Å². The zero-order valence-electron chi connectivity index (χ0n) is 25.1. The van der Waals surface area contributed by atoms with Gasteiger partial charge in [0.2, 0.25) is 0 Å². The zero-order chi connectivity index (χ0) is 31.9. The first-order valence-corrected chi connectivity index (χ1v) is 15.7. The van der Waals surface area contributed by atoms with Crippen LogP contribution < -0.4 is 20.3 Å². The van der Waals surface area contributed by atoms with Gasteiger partial charge in [-0.1, -0.05) is 0 Å². The number of hydrogen-bond donors (Lipinski definition) is 2. The highest BCUT2D eigenvalue weighted by atomic mass is 32.1. The number of amides is 2. The number of piperazine rings is 1. The summed E-state index contributed by atoms with van der Waals surface area (Å²) in [6.07, 6.45) is -0.595. The lowest BCUT2D eigenvalue weighted by Gasteiger charge is -2.42. The number of ether oxygens (including phenoxy) is 2. The fourth-order valence-corrected chi connectivity index (χ4v) is 6.48. The second kappa shape index (κ2) is 12.1. The Hall–Kier alpha value is -3.98. The van der Waals surface area contributed by atoms with Crippen molar-refractivity contribution in [2.24, 2.45) is 0 Å². The van der Waals surface area contributed by atoms with Gasteiger partial charge < -0.3 is 25.0 Å². The van der Waals surface area contributed by atoms with E-state index < -0.39 is 29.3 Å². The molecule has 240 valence electrons. The number of alkyl carbamates (subject to hydrolysis) is 1. The number of aromatic nitrogens is 3. The molecular formula is C30H34F3N7O4S. The van der Waals surface area contributed by atoms with E-state index in [2.05, 4.69) is 30.7 Å². The Labute approximate surface area is 262 Å². The standard InChI is InChI=1S/C30H34F3N7O4S/c1-29(2,3)44-28(42)38-19-9-11-39-12-13-40(15-22(19)39)25-20(6-7-23(43-18-4-5-18)24(25)30(31,32)33)36-26(41)21-16-45-27(37-21)17-8-10-34-35-14-17/h6-8,10,14,16,18-19,22H,4-5,9,11-13,15H2,1-3H3,(H,36,41)(H,38,42)/t19-,22+/m1/s1. The zero-order valence-corrected chi connectivity index (χ0v) is 25.9. The van der Waals surface area contributed by atoms with Crippen molar-refractivity contribution in [2.45, 2.75) is 70.0 Å². The predicted octanol–water partition coefficient (Wildman–Crippen LogP) is 5.20. The lowest BCUT2D eigenvalue weighted by molar-refractivity contribution is -0.138. The first-order chi connectivity index (χ1) is 21.4. The molecule has 2 amide bonds. The van der Waals surface area contributed by atoms with Gasteiger partial charge in [0.25, 0.3) is 5.91 Å². The number of nitrogens with zero attached hydrogens (tertiary/aromatic N) is 5. The summed E-state index contributed by atoms with van der Waals surface area (Å²) in [5.74, 6) is -0.912. The van der Waals surface area contributed by atoms with E-state index in [0.29, 0.717) is 42.9 Å². The highest BCUT2D eigenvalue weighted by Gasteiger charge is 2.45. The first-order valence-electron chi connectivity index (χ1n) is 14.8. The highest BCUT2D eigenvalue weighted by Crippen LogP contribution is 2.48. The molecule has 0 unspecified atom stereocenters. The molecular weight excluding hydrogens is 611 g/mol. The Bertz CT molecular complexity index is 1560. The Morgan fingerprint density at radius 3 is 2.53 bits per heavy atom. The van der Waals surface area contributed by atoms with Gasteiger partial charge in [-0.25, -0.2) is 9.78 Å². The number of fused-ring (bicyclic) bond motifs is 1. The average Bonchev–Trinajstić information content (AvgIpc) is 3.49. The third-order valence-corrected chi connectivity index (χ3v) is 8.69. The molecule has 15 heteroatoms. The van der Waals surface area contributed by atoms with Gasteiger partial charge >= 0.3 is 12.3 Å². The van der Waals surface area contributed by atoms with Crippen molar-refractivity contribution in [3.63, 3.8) is 0 Å². The quantitative estimate of drug-likeness (QED) is 0.357. The van der Waals surface area contributed by atoms with Crippen molar-refractivity contribution in [3.8, 4) is 16.3 Å². The maximum Gasteiger partial charge on any atom is 0.422 e. The van der Waals surface area contributed by atoms with E-state index in [0.717, 1.165) is 0 Å². The SMILES string of the molecule is CC(C)(C)OC(=O)N[C@@H]1CCN2CCN(c3c(NC(=O)c4csc(-c5ccnnc5)n4)ccc(OC4CC4)c3C(F)(F)F)C[C@@H]12. The number of carbonyl (C=O) groups is 2. The van der Waals surface area contributed by atoms with Gasteiger partial charge in [0, 0.05) is 43.2 Å². The maximum atomic E-state index is 14.9. The van der Waals surface area contributed by atoms with Gasteiger partial charge in [0.05, 0.1) is 35.9 Å². The lowest BCUT2D eigenvalue weighted by atomic mass is 10.0. The van der Waals surface area contributed by atoms with E-state index in [9.17, 15) is 22.8 Å². The van der Waals surface area contributed by atoms with Crippen molar-refractivity contribution >= 4 is 34.7 Å². The number of benzene rings is 1. The van der Waals surface area contributed by atoms with Crippen molar-refractivity contribution in [1.82, 2.24) is 25.4 Å². The molecule has 1 saturated carbocycles.